The molecule has 1 unspecified atom stereocenters. The van der Waals surface area contributed by atoms with Crippen LogP contribution >= 0.6 is 0 Å². The third kappa shape index (κ3) is 3.89. The predicted molar refractivity (Wildman–Crippen MR) is 100 cm³/mol. The van der Waals surface area contributed by atoms with Crippen LogP contribution in [0.4, 0.5) is 0 Å². The number of amides is 1. The third-order valence-corrected chi connectivity index (χ3v) is 4.62. The van der Waals surface area contributed by atoms with Gasteiger partial charge >= 0.3 is 0 Å². The van der Waals surface area contributed by atoms with E-state index in [-0.39, 0.29) is 18.6 Å². The Kier molecular flexibility index (Phi) is 4.88. The standard InChI is InChI=1S/C21H22N2O3/c24-21(23-17-6-3-11-22-13-17)20-10-9-19(26-20)14-25-18-8-7-15-4-1-2-5-16(15)12-18/h1-2,4-5,7-10,12,17,22H,3,6,11,13-14H2,(H,23,24). The first-order valence-corrected chi connectivity index (χ1v) is 9.00. The molecule has 4 rings (SSSR count). The van der Waals surface area contributed by atoms with Crippen molar-refractivity contribution in [3.8, 4) is 5.75 Å². The fourth-order valence-electron chi connectivity index (χ4n) is 3.22. The lowest BCUT2D eigenvalue weighted by atomic mass is 10.1. The summed E-state index contributed by atoms with van der Waals surface area (Å²) in [5.41, 5.74) is 0. The van der Waals surface area contributed by atoms with E-state index in [9.17, 15) is 4.79 Å². The van der Waals surface area contributed by atoms with Gasteiger partial charge in [0, 0.05) is 12.6 Å². The van der Waals surface area contributed by atoms with Gasteiger partial charge in [-0.05, 0) is 54.4 Å². The number of piperidine rings is 1. The number of carbonyl (C=O) groups excluding carboxylic acids is 1. The normalized spacial score (nSPS) is 17.2. The molecule has 1 fully saturated rings. The van der Waals surface area contributed by atoms with Gasteiger partial charge in [0.25, 0.3) is 5.91 Å². The molecular formula is C21H22N2O3. The Morgan fingerprint density at radius 2 is 2.04 bits per heavy atom. The van der Waals surface area contributed by atoms with Gasteiger partial charge in [-0.1, -0.05) is 30.3 Å². The summed E-state index contributed by atoms with van der Waals surface area (Å²) in [5, 5.41) is 8.59. The largest absolute Gasteiger partial charge is 0.486 e. The second-order valence-electron chi connectivity index (χ2n) is 6.58. The lowest BCUT2D eigenvalue weighted by Gasteiger charge is -2.23. The van der Waals surface area contributed by atoms with Crippen LogP contribution in [0.3, 0.4) is 0 Å². The molecule has 1 amide bonds. The lowest BCUT2D eigenvalue weighted by molar-refractivity contribution is 0.0898. The molecule has 0 spiro atoms. The summed E-state index contributed by atoms with van der Waals surface area (Å²) < 4.78 is 11.4. The van der Waals surface area contributed by atoms with Crippen LogP contribution in [-0.4, -0.2) is 25.0 Å². The van der Waals surface area contributed by atoms with E-state index in [1.54, 1.807) is 12.1 Å². The number of benzene rings is 2. The Balaban J connectivity index is 1.35. The van der Waals surface area contributed by atoms with E-state index in [2.05, 4.69) is 22.8 Å². The van der Waals surface area contributed by atoms with Gasteiger partial charge in [-0.2, -0.15) is 0 Å². The Bertz CT molecular complexity index is 897. The van der Waals surface area contributed by atoms with E-state index in [0.717, 1.165) is 37.1 Å². The zero-order valence-electron chi connectivity index (χ0n) is 14.5. The Labute approximate surface area is 152 Å². The molecule has 0 radical (unpaired) electrons. The van der Waals surface area contributed by atoms with Crippen molar-refractivity contribution in [2.24, 2.45) is 0 Å². The van der Waals surface area contributed by atoms with Crippen molar-refractivity contribution >= 4 is 16.7 Å². The van der Waals surface area contributed by atoms with Crippen LogP contribution in [-0.2, 0) is 6.61 Å². The van der Waals surface area contributed by atoms with Gasteiger partial charge in [0.1, 0.15) is 18.1 Å². The first-order chi connectivity index (χ1) is 12.8. The second kappa shape index (κ2) is 7.62. The molecule has 26 heavy (non-hydrogen) atoms. The fraction of sp³-hybridized carbons (Fsp3) is 0.286. The number of hydrogen-bond acceptors (Lipinski definition) is 4. The summed E-state index contributed by atoms with van der Waals surface area (Å²) in [5.74, 6) is 1.56. The summed E-state index contributed by atoms with van der Waals surface area (Å²) in [6.07, 6.45) is 2.07. The maximum atomic E-state index is 12.3. The van der Waals surface area contributed by atoms with E-state index >= 15 is 0 Å². The summed E-state index contributed by atoms with van der Waals surface area (Å²) >= 11 is 0. The van der Waals surface area contributed by atoms with Crippen molar-refractivity contribution in [2.75, 3.05) is 13.1 Å². The van der Waals surface area contributed by atoms with Crippen molar-refractivity contribution in [3.05, 3.63) is 66.1 Å². The Morgan fingerprint density at radius 1 is 1.15 bits per heavy atom. The van der Waals surface area contributed by atoms with E-state index < -0.39 is 0 Å². The van der Waals surface area contributed by atoms with Gasteiger partial charge < -0.3 is 19.8 Å². The van der Waals surface area contributed by atoms with Gasteiger partial charge in [0.05, 0.1) is 0 Å². The molecule has 2 heterocycles. The highest BCUT2D eigenvalue weighted by Gasteiger charge is 2.18. The quantitative estimate of drug-likeness (QED) is 0.739. The predicted octanol–water partition coefficient (Wildman–Crippen LogP) is 3.49. The fourth-order valence-corrected chi connectivity index (χ4v) is 3.22. The van der Waals surface area contributed by atoms with Crippen LogP contribution < -0.4 is 15.4 Å². The molecule has 0 bridgehead atoms. The van der Waals surface area contributed by atoms with Crippen LogP contribution in [0.25, 0.3) is 10.8 Å². The van der Waals surface area contributed by atoms with Crippen molar-refractivity contribution < 1.29 is 13.9 Å². The number of fused-ring (bicyclic) bond motifs is 1. The zero-order chi connectivity index (χ0) is 17.8. The molecule has 1 saturated heterocycles. The third-order valence-electron chi connectivity index (χ3n) is 4.62. The average Bonchev–Trinajstić information content (AvgIpc) is 3.16. The molecule has 0 aliphatic carbocycles. The molecule has 0 saturated carbocycles. The van der Waals surface area contributed by atoms with Crippen molar-refractivity contribution in [1.82, 2.24) is 10.6 Å². The van der Waals surface area contributed by atoms with Gasteiger partial charge in [-0.25, -0.2) is 0 Å². The number of hydrogen-bond donors (Lipinski definition) is 2. The monoisotopic (exact) mass is 350 g/mol. The molecule has 1 aromatic heterocycles. The molecule has 1 aliphatic rings. The van der Waals surface area contributed by atoms with Gasteiger partial charge in [-0.3, -0.25) is 4.79 Å². The van der Waals surface area contributed by atoms with E-state index in [1.807, 2.05) is 30.3 Å². The molecule has 3 aromatic rings. The molecule has 1 atom stereocenters. The highest BCUT2D eigenvalue weighted by molar-refractivity contribution is 5.91. The van der Waals surface area contributed by atoms with Crippen LogP contribution in [0.1, 0.15) is 29.2 Å². The van der Waals surface area contributed by atoms with Crippen LogP contribution in [0.5, 0.6) is 5.75 Å². The minimum absolute atomic E-state index is 0.165. The van der Waals surface area contributed by atoms with E-state index in [4.69, 9.17) is 9.15 Å². The topological polar surface area (TPSA) is 63.5 Å². The summed E-state index contributed by atoms with van der Waals surface area (Å²) in [7, 11) is 0. The molecule has 1 aliphatic heterocycles. The maximum absolute atomic E-state index is 12.3. The summed E-state index contributed by atoms with van der Waals surface area (Å²) in [4.78, 5) is 12.3. The first-order valence-electron chi connectivity index (χ1n) is 9.00. The smallest absolute Gasteiger partial charge is 0.287 e. The Morgan fingerprint density at radius 3 is 2.88 bits per heavy atom. The number of nitrogens with one attached hydrogen (secondary N) is 2. The first kappa shape index (κ1) is 16.7. The van der Waals surface area contributed by atoms with E-state index in [1.165, 1.54) is 5.39 Å². The highest BCUT2D eigenvalue weighted by atomic mass is 16.5. The summed E-state index contributed by atoms with van der Waals surface area (Å²) in [6.45, 7) is 2.12. The van der Waals surface area contributed by atoms with Crippen molar-refractivity contribution in [3.63, 3.8) is 0 Å². The van der Waals surface area contributed by atoms with Crippen LogP contribution in [0, 0.1) is 0 Å². The SMILES string of the molecule is O=C(NC1CCCNC1)c1ccc(COc2ccc3ccccc3c2)o1. The zero-order valence-corrected chi connectivity index (χ0v) is 14.5. The number of ether oxygens (including phenoxy) is 1. The highest BCUT2D eigenvalue weighted by Crippen LogP contribution is 2.21. The maximum Gasteiger partial charge on any atom is 0.287 e. The number of furan rings is 1. The van der Waals surface area contributed by atoms with E-state index in [0.29, 0.717) is 11.5 Å². The molecule has 2 N–H and O–H groups in total. The lowest BCUT2D eigenvalue weighted by Crippen LogP contribution is -2.45. The second-order valence-corrected chi connectivity index (χ2v) is 6.58. The van der Waals surface area contributed by atoms with Gasteiger partial charge in [0.15, 0.2) is 5.76 Å². The van der Waals surface area contributed by atoms with Gasteiger partial charge in [0.2, 0.25) is 0 Å². The van der Waals surface area contributed by atoms with Crippen molar-refractivity contribution in [1.29, 1.82) is 0 Å². The van der Waals surface area contributed by atoms with Gasteiger partial charge in [-0.15, -0.1) is 0 Å². The van der Waals surface area contributed by atoms with Crippen LogP contribution in [0.15, 0.2) is 59.0 Å². The minimum Gasteiger partial charge on any atom is -0.486 e. The minimum atomic E-state index is -0.171. The molecule has 5 heteroatoms. The Hall–Kier alpha value is -2.79. The van der Waals surface area contributed by atoms with Crippen LogP contribution in [0.2, 0.25) is 0 Å². The molecule has 134 valence electrons. The molecule has 5 nitrogen and oxygen atoms in total. The molecular weight excluding hydrogens is 328 g/mol. The molecule has 2 aromatic carbocycles. The van der Waals surface area contributed by atoms with Crippen molar-refractivity contribution in [2.45, 2.75) is 25.5 Å². The summed E-state index contributed by atoms with van der Waals surface area (Å²) in [6, 6.07) is 17.8. The average molecular weight is 350 g/mol. The number of carbonyl (C=O) groups is 1. The number of rotatable bonds is 5.